The van der Waals surface area contributed by atoms with E-state index in [0.29, 0.717) is 11.8 Å². The molecule has 0 aliphatic heterocycles. The van der Waals surface area contributed by atoms with Gasteiger partial charge in [0, 0.05) is 11.3 Å². The third-order valence-corrected chi connectivity index (χ3v) is 1.70. The van der Waals surface area contributed by atoms with Gasteiger partial charge >= 0.3 is 0 Å². The number of rotatable bonds is 2. The van der Waals surface area contributed by atoms with Gasteiger partial charge in [0.05, 0.1) is 13.0 Å². The third-order valence-electron chi connectivity index (χ3n) is 1.42. The van der Waals surface area contributed by atoms with Crippen molar-refractivity contribution in [2.45, 2.75) is 12.8 Å². The number of aryl methyl sites for hydroxylation is 1. The second kappa shape index (κ2) is 3.58. The molecular formula is C8H10ClNO. The Morgan fingerprint density at radius 2 is 2.27 bits per heavy atom. The van der Waals surface area contributed by atoms with Gasteiger partial charge in [0.2, 0.25) is 5.88 Å². The Labute approximate surface area is 71.2 Å². The van der Waals surface area contributed by atoms with Crippen LogP contribution in [-0.2, 0) is 5.88 Å². The highest BCUT2D eigenvalue weighted by Gasteiger charge is 2.01. The fourth-order valence-corrected chi connectivity index (χ4v) is 1.04. The maximum atomic E-state index is 5.64. The summed E-state index contributed by atoms with van der Waals surface area (Å²) in [6, 6.07) is 3.84. The van der Waals surface area contributed by atoms with Crippen molar-refractivity contribution in [3.05, 3.63) is 23.4 Å². The van der Waals surface area contributed by atoms with E-state index in [2.05, 4.69) is 4.98 Å². The minimum absolute atomic E-state index is 0.441. The van der Waals surface area contributed by atoms with Crippen LogP contribution in [0.15, 0.2) is 12.1 Å². The smallest absolute Gasteiger partial charge is 0.217 e. The highest BCUT2D eigenvalue weighted by Crippen LogP contribution is 2.16. The van der Waals surface area contributed by atoms with E-state index in [1.807, 2.05) is 19.1 Å². The van der Waals surface area contributed by atoms with Gasteiger partial charge in [-0.2, -0.15) is 0 Å². The molecule has 0 aliphatic rings. The predicted molar refractivity (Wildman–Crippen MR) is 45.1 cm³/mol. The largest absolute Gasteiger partial charge is 0.481 e. The van der Waals surface area contributed by atoms with Crippen molar-refractivity contribution in [1.82, 2.24) is 4.98 Å². The molecule has 0 atom stereocenters. The minimum atomic E-state index is 0.441. The van der Waals surface area contributed by atoms with Gasteiger partial charge in [-0.25, -0.2) is 4.98 Å². The van der Waals surface area contributed by atoms with Crippen LogP contribution in [0.3, 0.4) is 0 Å². The molecule has 0 bridgehead atoms. The van der Waals surface area contributed by atoms with E-state index in [4.69, 9.17) is 16.3 Å². The van der Waals surface area contributed by atoms with E-state index in [1.165, 1.54) is 0 Å². The van der Waals surface area contributed by atoms with Gasteiger partial charge in [-0.05, 0) is 13.0 Å². The molecule has 0 fully saturated rings. The van der Waals surface area contributed by atoms with Crippen LogP contribution in [0.5, 0.6) is 5.88 Å². The molecule has 2 nitrogen and oxygen atoms in total. The van der Waals surface area contributed by atoms with Gasteiger partial charge in [-0.1, -0.05) is 6.07 Å². The Morgan fingerprint density at radius 1 is 1.55 bits per heavy atom. The van der Waals surface area contributed by atoms with Crippen LogP contribution in [-0.4, -0.2) is 12.1 Å². The molecule has 0 aliphatic carbocycles. The SMILES string of the molecule is COc1nc(C)ccc1CCl. The van der Waals surface area contributed by atoms with Gasteiger partial charge in [-0.3, -0.25) is 0 Å². The average Bonchev–Trinajstić information content (AvgIpc) is 2.04. The van der Waals surface area contributed by atoms with Crippen LogP contribution in [0.4, 0.5) is 0 Å². The lowest BCUT2D eigenvalue weighted by Gasteiger charge is -2.04. The average molecular weight is 172 g/mol. The predicted octanol–water partition coefficient (Wildman–Crippen LogP) is 2.14. The number of pyridine rings is 1. The number of hydrogen-bond acceptors (Lipinski definition) is 2. The van der Waals surface area contributed by atoms with Crippen molar-refractivity contribution in [1.29, 1.82) is 0 Å². The monoisotopic (exact) mass is 171 g/mol. The number of alkyl halides is 1. The molecule has 0 spiro atoms. The third kappa shape index (κ3) is 1.84. The molecule has 3 heteroatoms. The van der Waals surface area contributed by atoms with Crippen LogP contribution in [0, 0.1) is 6.92 Å². The van der Waals surface area contributed by atoms with Gasteiger partial charge < -0.3 is 4.74 Å². The molecule has 1 rings (SSSR count). The molecule has 11 heavy (non-hydrogen) atoms. The first kappa shape index (κ1) is 8.34. The second-order valence-electron chi connectivity index (χ2n) is 2.25. The van der Waals surface area contributed by atoms with E-state index in [9.17, 15) is 0 Å². The van der Waals surface area contributed by atoms with Gasteiger partial charge in [0.25, 0.3) is 0 Å². The van der Waals surface area contributed by atoms with Crippen LogP contribution >= 0.6 is 11.6 Å². The lowest BCUT2D eigenvalue weighted by molar-refractivity contribution is 0.393. The lowest BCUT2D eigenvalue weighted by Crippen LogP contribution is -1.94. The van der Waals surface area contributed by atoms with Crippen molar-refractivity contribution in [3.8, 4) is 5.88 Å². The Hall–Kier alpha value is -0.760. The second-order valence-corrected chi connectivity index (χ2v) is 2.52. The maximum Gasteiger partial charge on any atom is 0.217 e. The molecule has 60 valence electrons. The Balaban J connectivity index is 3.06. The molecule has 0 saturated carbocycles. The number of ether oxygens (including phenoxy) is 1. The maximum absolute atomic E-state index is 5.64. The highest BCUT2D eigenvalue weighted by atomic mass is 35.5. The molecule has 1 aromatic heterocycles. The Bertz CT molecular complexity index is 250. The first-order valence-corrected chi connectivity index (χ1v) is 3.88. The first-order valence-electron chi connectivity index (χ1n) is 3.34. The summed E-state index contributed by atoms with van der Waals surface area (Å²) in [4.78, 5) is 4.16. The molecule has 0 amide bonds. The van der Waals surface area contributed by atoms with Crippen molar-refractivity contribution in [2.24, 2.45) is 0 Å². The number of aromatic nitrogens is 1. The minimum Gasteiger partial charge on any atom is -0.481 e. The van der Waals surface area contributed by atoms with E-state index >= 15 is 0 Å². The summed E-state index contributed by atoms with van der Waals surface area (Å²) >= 11 is 5.64. The van der Waals surface area contributed by atoms with Crippen LogP contribution < -0.4 is 4.74 Å². The zero-order chi connectivity index (χ0) is 8.27. The quantitative estimate of drug-likeness (QED) is 0.637. The lowest BCUT2D eigenvalue weighted by atomic mass is 10.3. The molecule has 0 saturated heterocycles. The van der Waals surface area contributed by atoms with E-state index < -0.39 is 0 Å². The molecule has 0 aromatic carbocycles. The highest BCUT2D eigenvalue weighted by molar-refractivity contribution is 6.17. The number of nitrogens with zero attached hydrogens (tertiary/aromatic N) is 1. The molecule has 0 N–H and O–H groups in total. The fraction of sp³-hybridized carbons (Fsp3) is 0.375. The molecule has 0 radical (unpaired) electrons. The first-order chi connectivity index (χ1) is 5.27. The van der Waals surface area contributed by atoms with Crippen LogP contribution in [0.2, 0.25) is 0 Å². The summed E-state index contributed by atoms with van der Waals surface area (Å²) in [5, 5.41) is 0. The molecule has 1 heterocycles. The molecular weight excluding hydrogens is 162 g/mol. The van der Waals surface area contributed by atoms with Crippen LogP contribution in [0.1, 0.15) is 11.3 Å². The van der Waals surface area contributed by atoms with E-state index in [0.717, 1.165) is 11.3 Å². The summed E-state index contributed by atoms with van der Waals surface area (Å²) in [6.07, 6.45) is 0. The van der Waals surface area contributed by atoms with Gasteiger partial charge in [0.1, 0.15) is 0 Å². The summed E-state index contributed by atoms with van der Waals surface area (Å²) in [7, 11) is 1.60. The zero-order valence-electron chi connectivity index (χ0n) is 6.60. The topological polar surface area (TPSA) is 22.1 Å². The van der Waals surface area contributed by atoms with E-state index in [1.54, 1.807) is 7.11 Å². The van der Waals surface area contributed by atoms with Crippen molar-refractivity contribution in [2.75, 3.05) is 7.11 Å². The fourth-order valence-electron chi connectivity index (χ4n) is 0.840. The van der Waals surface area contributed by atoms with Gasteiger partial charge in [-0.15, -0.1) is 11.6 Å². The van der Waals surface area contributed by atoms with Crippen molar-refractivity contribution >= 4 is 11.6 Å². The van der Waals surface area contributed by atoms with E-state index in [-0.39, 0.29) is 0 Å². The number of methoxy groups -OCH3 is 1. The Kier molecular flexibility index (Phi) is 2.71. The number of hydrogen-bond donors (Lipinski definition) is 0. The summed E-state index contributed by atoms with van der Waals surface area (Å²) in [5.74, 6) is 1.07. The summed E-state index contributed by atoms with van der Waals surface area (Å²) in [6.45, 7) is 1.92. The number of halogens is 1. The van der Waals surface area contributed by atoms with Crippen molar-refractivity contribution in [3.63, 3.8) is 0 Å². The zero-order valence-corrected chi connectivity index (χ0v) is 7.35. The summed E-state index contributed by atoms with van der Waals surface area (Å²) in [5.41, 5.74) is 1.87. The standard InChI is InChI=1S/C8H10ClNO/c1-6-3-4-7(5-9)8(10-6)11-2/h3-4H,5H2,1-2H3. The summed E-state index contributed by atoms with van der Waals surface area (Å²) < 4.78 is 5.02. The normalized spacial score (nSPS) is 9.73. The molecule has 1 aromatic rings. The molecule has 0 unspecified atom stereocenters. The van der Waals surface area contributed by atoms with Crippen molar-refractivity contribution < 1.29 is 4.74 Å². The van der Waals surface area contributed by atoms with Gasteiger partial charge in [0.15, 0.2) is 0 Å². The Morgan fingerprint density at radius 3 is 2.82 bits per heavy atom. The van der Waals surface area contributed by atoms with Crippen LogP contribution in [0.25, 0.3) is 0 Å².